The summed E-state index contributed by atoms with van der Waals surface area (Å²) in [4.78, 5) is 5.92. The van der Waals surface area contributed by atoms with Crippen LogP contribution in [-0.2, 0) is 15.7 Å². The third kappa shape index (κ3) is 4.38. The second-order valence-electron chi connectivity index (χ2n) is 5.07. The molecule has 21 heavy (non-hydrogen) atoms. The van der Waals surface area contributed by atoms with Gasteiger partial charge in [0.05, 0.1) is 5.01 Å². The quantitative estimate of drug-likeness (QED) is 0.780. The Kier molecular flexibility index (Phi) is 5.59. The van der Waals surface area contributed by atoms with Crippen molar-refractivity contribution in [2.75, 3.05) is 33.9 Å². The molecule has 8 heteroatoms. The van der Waals surface area contributed by atoms with E-state index in [9.17, 15) is 13.2 Å². The van der Waals surface area contributed by atoms with Gasteiger partial charge in [-0.2, -0.15) is 13.2 Å². The molecule has 2 rings (SSSR count). The van der Waals surface area contributed by atoms with Crippen molar-refractivity contribution in [1.82, 2.24) is 9.88 Å². The zero-order valence-electron chi connectivity index (χ0n) is 12.0. The summed E-state index contributed by atoms with van der Waals surface area (Å²) in [5.74, 6) is 0.0502. The molecule has 1 aliphatic heterocycles. The first-order chi connectivity index (χ1) is 9.94. The lowest BCUT2D eigenvalue weighted by molar-refractivity contribution is -0.140. The number of methoxy groups -OCH3 is 2. The number of aromatic nitrogens is 1. The summed E-state index contributed by atoms with van der Waals surface area (Å²) in [6, 6.07) is 0. The maximum atomic E-state index is 12.6. The summed E-state index contributed by atoms with van der Waals surface area (Å²) < 4.78 is 48.2. The largest absolute Gasteiger partial charge is 0.434 e. The molecule has 0 spiro atoms. The van der Waals surface area contributed by atoms with Crippen LogP contribution in [0.25, 0.3) is 0 Å². The average molecular weight is 324 g/mol. The second-order valence-corrected chi connectivity index (χ2v) is 5.96. The molecule has 1 saturated heterocycles. The average Bonchev–Trinajstić information content (AvgIpc) is 2.95. The Balaban J connectivity index is 1.99. The maximum absolute atomic E-state index is 12.6. The smallest absolute Gasteiger partial charge is 0.355 e. The van der Waals surface area contributed by atoms with E-state index < -0.39 is 11.9 Å². The topological polar surface area (TPSA) is 34.6 Å². The summed E-state index contributed by atoms with van der Waals surface area (Å²) in [6.07, 6.45) is -2.87. The van der Waals surface area contributed by atoms with Crippen molar-refractivity contribution in [2.24, 2.45) is 0 Å². The van der Waals surface area contributed by atoms with Crippen molar-refractivity contribution in [3.05, 3.63) is 16.1 Å². The number of halogens is 3. The Morgan fingerprint density at radius 3 is 2.71 bits per heavy atom. The van der Waals surface area contributed by atoms with E-state index >= 15 is 0 Å². The lowest BCUT2D eigenvalue weighted by atomic mass is 9.99. The van der Waals surface area contributed by atoms with Crippen LogP contribution in [0.5, 0.6) is 0 Å². The molecule has 1 atom stereocenters. The highest BCUT2D eigenvalue weighted by Gasteiger charge is 2.35. The Morgan fingerprint density at radius 2 is 2.14 bits per heavy atom. The third-order valence-electron chi connectivity index (χ3n) is 3.60. The van der Waals surface area contributed by atoms with Gasteiger partial charge in [-0.3, -0.25) is 4.90 Å². The third-order valence-corrected chi connectivity index (χ3v) is 4.61. The Bertz CT molecular complexity index is 449. The molecule has 0 bridgehead atoms. The first kappa shape index (κ1) is 16.7. The van der Waals surface area contributed by atoms with Crippen molar-refractivity contribution in [1.29, 1.82) is 0 Å². The van der Waals surface area contributed by atoms with Crippen LogP contribution in [0.1, 0.15) is 29.5 Å². The summed E-state index contributed by atoms with van der Waals surface area (Å²) >= 11 is 1.10. The van der Waals surface area contributed by atoms with Crippen molar-refractivity contribution < 1.29 is 22.6 Å². The minimum absolute atomic E-state index is 0.0502. The zero-order valence-corrected chi connectivity index (χ0v) is 12.8. The predicted octanol–water partition coefficient (Wildman–Crippen LogP) is 2.96. The zero-order chi connectivity index (χ0) is 15.5. The fourth-order valence-electron chi connectivity index (χ4n) is 2.48. The summed E-state index contributed by atoms with van der Waals surface area (Å²) in [5, 5.41) is 1.67. The molecule has 0 saturated carbocycles. The highest BCUT2D eigenvalue weighted by Crippen LogP contribution is 2.34. The van der Waals surface area contributed by atoms with Gasteiger partial charge in [0, 0.05) is 38.6 Å². The standard InChI is InChI=1S/C13H19F3N2O2S/c1-19-11(20-2)7-18-5-3-4-9(6-18)12-17-10(8-21-12)13(14,15)16/h8-9,11H,3-7H2,1-2H3/t9-/m1/s1. The van der Waals surface area contributed by atoms with Crippen molar-refractivity contribution >= 4 is 11.3 Å². The van der Waals surface area contributed by atoms with Gasteiger partial charge in [-0.1, -0.05) is 0 Å². The van der Waals surface area contributed by atoms with Gasteiger partial charge < -0.3 is 9.47 Å². The molecule has 120 valence electrons. The molecule has 1 aromatic rings. The normalized spacial score (nSPS) is 21.1. The molecule has 4 nitrogen and oxygen atoms in total. The summed E-state index contributed by atoms with van der Waals surface area (Å²) in [7, 11) is 3.15. The minimum atomic E-state index is -4.36. The van der Waals surface area contributed by atoms with Crippen molar-refractivity contribution in [2.45, 2.75) is 31.2 Å². The molecule has 0 aliphatic carbocycles. The number of hydrogen-bond donors (Lipinski definition) is 0. The SMILES string of the molecule is COC(CN1CCC[C@@H](c2nc(C(F)(F)F)cs2)C1)OC. The number of rotatable bonds is 5. The first-order valence-electron chi connectivity index (χ1n) is 6.74. The van der Waals surface area contributed by atoms with Gasteiger partial charge >= 0.3 is 6.18 Å². The van der Waals surface area contributed by atoms with E-state index in [1.165, 1.54) is 0 Å². The van der Waals surface area contributed by atoms with E-state index in [0.29, 0.717) is 18.1 Å². The molecule has 1 aliphatic rings. The Hall–Kier alpha value is -0.700. The Morgan fingerprint density at radius 1 is 1.43 bits per heavy atom. The van der Waals surface area contributed by atoms with Gasteiger partial charge in [-0.15, -0.1) is 11.3 Å². The van der Waals surface area contributed by atoms with E-state index in [1.54, 1.807) is 14.2 Å². The van der Waals surface area contributed by atoms with Crippen LogP contribution in [0.4, 0.5) is 13.2 Å². The number of piperidine rings is 1. The molecule has 2 heterocycles. The number of likely N-dealkylation sites (tertiary alicyclic amines) is 1. The van der Waals surface area contributed by atoms with Gasteiger partial charge in [0.1, 0.15) is 0 Å². The number of ether oxygens (including phenoxy) is 2. The van der Waals surface area contributed by atoms with Crippen molar-refractivity contribution in [3.63, 3.8) is 0 Å². The molecule has 0 N–H and O–H groups in total. The van der Waals surface area contributed by atoms with Gasteiger partial charge in [0.2, 0.25) is 0 Å². The molecule has 1 aromatic heterocycles. The molecular formula is C13H19F3N2O2S. The minimum Gasteiger partial charge on any atom is -0.355 e. The van der Waals surface area contributed by atoms with Crippen LogP contribution in [0.2, 0.25) is 0 Å². The van der Waals surface area contributed by atoms with Crippen LogP contribution >= 0.6 is 11.3 Å². The number of nitrogens with zero attached hydrogens (tertiary/aromatic N) is 2. The number of hydrogen-bond acceptors (Lipinski definition) is 5. The van der Waals surface area contributed by atoms with Crippen LogP contribution in [0, 0.1) is 0 Å². The second kappa shape index (κ2) is 7.04. The summed E-state index contributed by atoms with van der Waals surface area (Å²) in [6.45, 7) is 2.20. The van der Waals surface area contributed by atoms with Gasteiger partial charge in [0.25, 0.3) is 0 Å². The van der Waals surface area contributed by atoms with E-state index in [4.69, 9.17) is 9.47 Å². The van der Waals surface area contributed by atoms with E-state index in [0.717, 1.165) is 36.1 Å². The van der Waals surface area contributed by atoms with E-state index in [1.807, 2.05) is 0 Å². The fraction of sp³-hybridized carbons (Fsp3) is 0.769. The summed E-state index contributed by atoms with van der Waals surface area (Å²) in [5.41, 5.74) is -0.786. The lowest BCUT2D eigenvalue weighted by Gasteiger charge is -2.33. The van der Waals surface area contributed by atoms with Crippen LogP contribution in [0.15, 0.2) is 5.38 Å². The predicted molar refractivity (Wildman–Crippen MR) is 73.3 cm³/mol. The van der Waals surface area contributed by atoms with Crippen LogP contribution in [-0.4, -0.2) is 50.0 Å². The van der Waals surface area contributed by atoms with Gasteiger partial charge in [-0.25, -0.2) is 4.98 Å². The highest BCUT2D eigenvalue weighted by molar-refractivity contribution is 7.09. The lowest BCUT2D eigenvalue weighted by Crippen LogP contribution is -2.40. The number of alkyl halides is 3. The van der Waals surface area contributed by atoms with E-state index in [2.05, 4.69) is 9.88 Å². The molecule has 1 fully saturated rings. The number of thiazole rings is 1. The van der Waals surface area contributed by atoms with Crippen LogP contribution in [0.3, 0.4) is 0 Å². The maximum Gasteiger partial charge on any atom is 0.434 e. The monoisotopic (exact) mass is 324 g/mol. The molecular weight excluding hydrogens is 305 g/mol. The highest BCUT2D eigenvalue weighted by atomic mass is 32.1. The fourth-order valence-corrected chi connectivity index (χ4v) is 3.44. The van der Waals surface area contributed by atoms with E-state index in [-0.39, 0.29) is 12.2 Å². The molecule has 0 radical (unpaired) electrons. The van der Waals surface area contributed by atoms with Crippen LogP contribution < -0.4 is 0 Å². The van der Waals surface area contributed by atoms with Gasteiger partial charge in [0.15, 0.2) is 12.0 Å². The molecule has 0 amide bonds. The Labute approximate surface area is 125 Å². The van der Waals surface area contributed by atoms with Gasteiger partial charge in [-0.05, 0) is 19.4 Å². The molecule has 0 aromatic carbocycles. The van der Waals surface area contributed by atoms with Crippen molar-refractivity contribution in [3.8, 4) is 0 Å². The molecule has 0 unspecified atom stereocenters. The first-order valence-corrected chi connectivity index (χ1v) is 7.62.